The van der Waals surface area contributed by atoms with E-state index in [2.05, 4.69) is 5.32 Å². The largest absolute Gasteiger partial charge is 0.459 e. The van der Waals surface area contributed by atoms with Crippen LogP contribution in [0, 0.1) is 6.92 Å². The Kier molecular flexibility index (Phi) is 8.60. The first-order valence-corrected chi connectivity index (χ1v) is 12.2. The summed E-state index contributed by atoms with van der Waals surface area (Å²) in [5.74, 6) is -0.663. The summed E-state index contributed by atoms with van der Waals surface area (Å²) in [6.45, 7) is 2.82. The first-order chi connectivity index (χ1) is 17.9. The molecule has 1 aliphatic heterocycles. The topological polar surface area (TPSA) is 104 Å². The summed E-state index contributed by atoms with van der Waals surface area (Å²) in [6.07, 6.45) is 1.34. The minimum absolute atomic E-state index is 0.0299. The molecule has 2 aromatic carbocycles. The molecule has 3 aromatic rings. The van der Waals surface area contributed by atoms with Crippen molar-refractivity contribution < 1.29 is 24.1 Å². The van der Waals surface area contributed by atoms with E-state index in [0.717, 1.165) is 22.5 Å². The molecule has 1 amide bonds. The maximum absolute atomic E-state index is 13.6. The van der Waals surface area contributed by atoms with Crippen molar-refractivity contribution in [2.75, 3.05) is 20.3 Å². The molecule has 37 heavy (non-hydrogen) atoms. The van der Waals surface area contributed by atoms with Crippen LogP contribution in [0.25, 0.3) is 5.69 Å². The number of carbonyl (C=O) groups excluding carboxylic acids is 1. The first kappa shape index (κ1) is 26.4. The van der Waals surface area contributed by atoms with E-state index in [1.54, 1.807) is 17.9 Å². The van der Waals surface area contributed by atoms with E-state index < -0.39 is 6.29 Å². The molecule has 0 unspecified atom stereocenters. The number of hydrogen-bond donors (Lipinski definition) is 2. The van der Waals surface area contributed by atoms with Crippen LogP contribution in [0.3, 0.4) is 0 Å². The van der Waals surface area contributed by atoms with Gasteiger partial charge in [-0.25, -0.2) is 4.68 Å². The van der Waals surface area contributed by atoms with Crippen LogP contribution in [-0.2, 0) is 39.3 Å². The molecule has 1 aliphatic rings. The molecule has 0 aliphatic carbocycles. The number of para-hydroxylation sites is 1. The van der Waals surface area contributed by atoms with E-state index in [1.165, 1.54) is 0 Å². The smallest absolute Gasteiger partial charge is 0.286 e. The number of aliphatic hydroxyl groups excluding tert-OH is 1. The Morgan fingerprint density at radius 2 is 1.84 bits per heavy atom. The van der Waals surface area contributed by atoms with Crippen LogP contribution in [0.1, 0.15) is 34.7 Å². The molecule has 9 heteroatoms. The molecular formula is C28H33N3O6. The number of aliphatic hydroxyl groups is 1. The van der Waals surface area contributed by atoms with Crippen LogP contribution in [0.5, 0.6) is 0 Å². The van der Waals surface area contributed by atoms with Gasteiger partial charge in [-0.1, -0.05) is 42.5 Å². The van der Waals surface area contributed by atoms with Gasteiger partial charge in [0.1, 0.15) is 0 Å². The lowest BCUT2D eigenvalue weighted by Gasteiger charge is -2.29. The van der Waals surface area contributed by atoms with Gasteiger partial charge in [0.25, 0.3) is 11.5 Å². The lowest BCUT2D eigenvalue weighted by molar-refractivity contribution is -0.150. The molecule has 1 aromatic heterocycles. The Morgan fingerprint density at radius 1 is 1.14 bits per heavy atom. The normalized spacial score (nSPS) is 17.2. The van der Waals surface area contributed by atoms with Gasteiger partial charge >= 0.3 is 0 Å². The molecule has 196 valence electrons. The average molecular weight is 508 g/mol. The van der Waals surface area contributed by atoms with Crippen molar-refractivity contribution in [1.82, 2.24) is 14.7 Å². The zero-order valence-electron chi connectivity index (χ0n) is 21.3. The molecule has 2 N–H and O–H groups in total. The zero-order chi connectivity index (χ0) is 26.4. The standard InChI is InChI=1S/C28H33N3O6/c1-19-26(28(34)31(30(19)2)23-7-5-4-6-8-23)22-15-24(27(33)29-13-14-35-3)37-25(16-22)36-18-21-11-9-20(17-32)10-12-21/h4-12,15,22,25,32H,13-14,16-18H2,1-3H3,(H,29,33)/t22-,25+/m1/s1. The third-order valence-electron chi connectivity index (χ3n) is 6.48. The molecule has 0 saturated heterocycles. The van der Waals surface area contributed by atoms with E-state index in [0.29, 0.717) is 25.1 Å². The van der Waals surface area contributed by atoms with Crippen LogP contribution >= 0.6 is 0 Å². The van der Waals surface area contributed by atoms with E-state index in [9.17, 15) is 14.7 Å². The monoisotopic (exact) mass is 507 g/mol. The van der Waals surface area contributed by atoms with Gasteiger partial charge in [-0.15, -0.1) is 0 Å². The number of nitrogens with one attached hydrogen (secondary N) is 1. The maximum atomic E-state index is 13.6. The van der Waals surface area contributed by atoms with E-state index >= 15 is 0 Å². The average Bonchev–Trinajstić information content (AvgIpc) is 3.15. The van der Waals surface area contributed by atoms with Crippen molar-refractivity contribution >= 4 is 5.91 Å². The van der Waals surface area contributed by atoms with E-state index in [4.69, 9.17) is 14.2 Å². The number of aromatic nitrogens is 2. The Morgan fingerprint density at radius 3 is 2.51 bits per heavy atom. The number of nitrogens with zero attached hydrogens (tertiary/aromatic N) is 2. The number of methoxy groups -OCH3 is 1. The van der Waals surface area contributed by atoms with Gasteiger partial charge < -0.3 is 24.6 Å². The van der Waals surface area contributed by atoms with Gasteiger partial charge in [0.2, 0.25) is 6.29 Å². The number of carbonyl (C=O) groups is 1. The second-order valence-corrected chi connectivity index (χ2v) is 8.93. The zero-order valence-corrected chi connectivity index (χ0v) is 21.3. The van der Waals surface area contributed by atoms with Crippen molar-refractivity contribution in [2.45, 2.75) is 38.8 Å². The molecule has 0 saturated carbocycles. The highest BCUT2D eigenvalue weighted by molar-refractivity contribution is 5.91. The van der Waals surface area contributed by atoms with Gasteiger partial charge in [0.15, 0.2) is 5.76 Å². The number of hydrogen-bond acceptors (Lipinski definition) is 6. The quantitative estimate of drug-likeness (QED) is 0.409. The number of benzene rings is 2. The van der Waals surface area contributed by atoms with E-state index in [-0.39, 0.29) is 36.4 Å². The third kappa shape index (κ3) is 6.02. The maximum Gasteiger partial charge on any atom is 0.286 e. The van der Waals surface area contributed by atoms with Gasteiger partial charge in [-0.05, 0) is 36.3 Å². The number of ether oxygens (including phenoxy) is 3. The van der Waals surface area contributed by atoms with Crippen molar-refractivity contribution in [3.05, 3.63) is 99.2 Å². The highest BCUT2D eigenvalue weighted by atomic mass is 16.7. The minimum atomic E-state index is -0.736. The molecule has 0 spiro atoms. The lowest BCUT2D eigenvalue weighted by Crippen LogP contribution is -2.35. The fourth-order valence-corrected chi connectivity index (χ4v) is 4.42. The summed E-state index contributed by atoms with van der Waals surface area (Å²) in [5.41, 5.74) is 3.72. The Balaban J connectivity index is 1.63. The predicted octanol–water partition coefficient (Wildman–Crippen LogP) is 2.67. The molecule has 4 rings (SSSR count). The fraction of sp³-hybridized carbons (Fsp3) is 0.357. The van der Waals surface area contributed by atoms with Gasteiger partial charge in [-0.2, -0.15) is 0 Å². The van der Waals surface area contributed by atoms with Crippen molar-refractivity contribution in [2.24, 2.45) is 7.05 Å². The summed E-state index contributed by atoms with van der Waals surface area (Å²) in [4.78, 5) is 26.5. The molecular weight excluding hydrogens is 474 g/mol. The van der Waals surface area contributed by atoms with Crippen LogP contribution in [0.15, 0.2) is 71.2 Å². The highest BCUT2D eigenvalue weighted by Gasteiger charge is 2.33. The second kappa shape index (κ2) is 12.1. The summed E-state index contributed by atoms with van der Waals surface area (Å²) in [6, 6.07) is 16.9. The Hall–Kier alpha value is -3.66. The molecule has 2 atom stereocenters. The first-order valence-electron chi connectivity index (χ1n) is 12.2. The number of allylic oxidation sites excluding steroid dienone is 1. The third-order valence-corrected chi connectivity index (χ3v) is 6.48. The van der Waals surface area contributed by atoms with Crippen LogP contribution < -0.4 is 10.9 Å². The van der Waals surface area contributed by atoms with Crippen LogP contribution in [-0.4, -0.2) is 46.9 Å². The molecule has 0 bridgehead atoms. The summed E-state index contributed by atoms with van der Waals surface area (Å²) >= 11 is 0. The molecule has 0 radical (unpaired) electrons. The lowest BCUT2D eigenvalue weighted by atomic mass is 9.93. The van der Waals surface area contributed by atoms with Crippen molar-refractivity contribution in [3.63, 3.8) is 0 Å². The summed E-state index contributed by atoms with van der Waals surface area (Å²) < 4.78 is 20.5. The molecule has 2 heterocycles. The van der Waals surface area contributed by atoms with Crippen molar-refractivity contribution in [1.29, 1.82) is 0 Å². The SMILES string of the molecule is COCCNC(=O)C1=C[C@@H](c2c(C)n(C)n(-c3ccccc3)c2=O)C[C@@H](OCc2ccc(CO)cc2)O1. The highest BCUT2D eigenvalue weighted by Crippen LogP contribution is 2.32. The summed E-state index contributed by atoms with van der Waals surface area (Å²) in [7, 11) is 3.41. The number of rotatable bonds is 10. The summed E-state index contributed by atoms with van der Waals surface area (Å²) in [5, 5.41) is 12.0. The van der Waals surface area contributed by atoms with Gasteiger partial charge in [-0.3, -0.25) is 14.3 Å². The van der Waals surface area contributed by atoms with Crippen molar-refractivity contribution in [3.8, 4) is 5.69 Å². The number of amides is 1. The fourth-order valence-electron chi connectivity index (χ4n) is 4.42. The predicted molar refractivity (Wildman–Crippen MR) is 138 cm³/mol. The second-order valence-electron chi connectivity index (χ2n) is 8.93. The van der Waals surface area contributed by atoms with Gasteiger partial charge in [0.05, 0.1) is 25.5 Å². The molecule has 0 fully saturated rings. The Bertz CT molecular complexity index is 1290. The Labute approximate surface area is 215 Å². The van der Waals surface area contributed by atoms with Gasteiger partial charge in [0, 0.05) is 44.3 Å². The molecule has 9 nitrogen and oxygen atoms in total. The van der Waals surface area contributed by atoms with E-state index in [1.807, 2.05) is 73.3 Å². The minimum Gasteiger partial charge on any atom is -0.459 e. The van der Waals surface area contributed by atoms with Crippen LogP contribution in [0.2, 0.25) is 0 Å². The van der Waals surface area contributed by atoms with Crippen LogP contribution in [0.4, 0.5) is 0 Å².